The first kappa shape index (κ1) is 14.9. The Morgan fingerprint density at radius 1 is 1.14 bits per heavy atom. The standard InChI is InChI=1S/C17H20N2O2/c1-11(2)21-17(20)13-8-9-16(14(18)10-13)19-15-7-5-4-6-12(15)3/h4-11,19H,18H2,1-3H3. The van der Waals surface area contributed by atoms with Gasteiger partial charge in [-0.1, -0.05) is 18.2 Å². The van der Waals surface area contributed by atoms with Crippen molar-refractivity contribution in [3.8, 4) is 0 Å². The van der Waals surface area contributed by atoms with E-state index in [2.05, 4.69) is 5.32 Å². The highest BCUT2D eigenvalue weighted by atomic mass is 16.5. The van der Waals surface area contributed by atoms with Crippen molar-refractivity contribution in [2.45, 2.75) is 26.9 Å². The zero-order valence-corrected chi connectivity index (χ0v) is 12.5. The van der Waals surface area contributed by atoms with Gasteiger partial charge >= 0.3 is 5.97 Å². The van der Waals surface area contributed by atoms with Crippen molar-refractivity contribution >= 4 is 23.0 Å². The molecule has 0 aliphatic carbocycles. The molecule has 0 aromatic heterocycles. The van der Waals surface area contributed by atoms with Crippen molar-refractivity contribution < 1.29 is 9.53 Å². The molecule has 0 unspecified atom stereocenters. The number of anilines is 3. The smallest absolute Gasteiger partial charge is 0.338 e. The maximum Gasteiger partial charge on any atom is 0.338 e. The number of ether oxygens (including phenoxy) is 1. The number of hydrogen-bond donors (Lipinski definition) is 2. The number of rotatable bonds is 4. The Labute approximate surface area is 124 Å². The molecule has 4 heteroatoms. The highest BCUT2D eigenvalue weighted by molar-refractivity contribution is 5.92. The highest BCUT2D eigenvalue weighted by Gasteiger charge is 2.11. The quantitative estimate of drug-likeness (QED) is 0.660. The van der Waals surface area contributed by atoms with Crippen LogP contribution in [0.5, 0.6) is 0 Å². The van der Waals surface area contributed by atoms with Gasteiger partial charge in [0.2, 0.25) is 0 Å². The van der Waals surface area contributed by atoms with Crippen molar-refractivity contribution in [2.24, 2.45) is 0 Å². The predicted molar refractivity (Wildman–Crippen MR) is 85.9 cm³/mol. The van der Waals surface area contributed by atoms with Crippen LogP contribution in [0.2, 0.25) is 0 Å². The van der Waals surface area contributed by atoms with Crippen molar-refractivity contribution in [3.63, 3.8) is 0 Å². The summed E-state index contributed by atoms with van der Waals surface area (Å²) >= 11 is 0. The van der Waals surface area contributed by atoms with Gasteiger partial charge in [0.15, 0.2) is 0 Å². The summed E-state index contributed by atoms with van der Waals surface area (Å²) in [5.41, 5.74) is 9.87. The lowest BCUT2D eigenvalue weighted by atomic mass is 10.1. The first-order valence-corrected chi connectivity index (χ1v) is 6.90. The van der Waals surface area contributed by atoms with E-state index in [0.29, 0.717) is 11.3 Å². The van der Waals surface area contributed by atoms with E-state index in [1.54, 1.807) is 18.2 Å². The van der Waals surface area contributed by atoms with Gasteiger partial charge in [-0.2, -0.15) is 0 Å². The van der Waals surface area contributed by atoms with Crippen LogP contribution >= 0.6 is 0 Å². The number of hydrogen-bond acceptors (Lipinski definition) is 4. The van der Waals surface area contributed by atoms with Crippen LogP contribution in [0.3, 0.4) is 0 Å². The Morgan fingerprint density at radius 3 is 2.48 bits per heavy atom. The normalized spacial score (nSPS) is 10.5. The zero-order valence-electron chi connectivity index (χ0n) is 12.5. The molecular formula is C17H20N2O2. The summed E-state index contributed by atoms with van der Waals surface area (Å²) in [6.07, 6.45) is -0.150. The Hall–Kier alpha value is -2.49. The predicted octanol–water partition coefficient (Wildman–Crippen LogP) is 3.89. The van der Waals surface area contributed by atoms with Crippen molar-refractivity contribution in [3.05, 3.63) is 53.6 Å². The molecule has 0 radical (unpaired) electrons. The van der Waals surface area contributed by atoms with Crippen LogP contribution in [0.25, 0.3) is 0 Å². The van der Waals surface area contributed by atoms with E-state index in [1.165, 1.54) is 0 Å². The van der Waals surface area contributed by atoms with Gasteiger partial charge in [-0.25, -0.2) is 4.79 Å². The maximum absolute atomic E-state index is 11.8. The molecule has 0 atom stereocenters. The number of carbonyl (C=O) groups is 1. The average Bonchev–Trinajstić information content (AvgIpc) is 2.42. The van der Waals surface area contributed by atoms with Crippen LogP contribution in [0.4, 0.5) is 17.1 Å². The lowest BCUT2D eigenvalue weighted by Crippen LogP contribution is -2.12. The van der Waals surface area contributed by atoms with Gasteiger partial charge in [-0.3, -0.25) is 0 Å². The van der Waals surface area contributed by atoms with Crippen LogP contribution in [0.1, 0.15) is 29.8 Å². The molecule has 4 nitrogen and oxygen atoms in total. The molecule has 3 N–H and O–H groups in total. The first-order chi connectivity index (χ1) is 9.97. The Balaban J connectivity index is 2.20. The SMILES string of the molecule is Cc1ccccc1Nc1ccc(C(=O)OC(C)C)cc1N. The Bertz CT molecular complexity index is 651. The summed E-state index contributed by atoms with van der Waals surface area (Å²) in [7, 11) is 0. The molecule has 0 bridgehead atoms. The van der Waals surface area contributed by atoms with E-state index in [4.69, 9.17) is 10.5 Å². The Kier molecular flexibility index (Phi) is 4.48. The average molecular weight is 284 g/mol. The lowest BCUT2D eigenvalue weighted by molar-refractivity contribution is 0.0378. The number of benzene rings is 2. The van der Waals surface area contributed by atoms with E-state index in [1.807, 2.05) is 45.0 Å². The molecule has 0 fully saturated rings. The summed E-state index contributed by atoms with van der Waals surface area (Å²) in [6, 6.07) is 13.1. The third-order valence-corrected chi connectivity index (χ3v) is 3.04. The van der Waals surface area contributed by atoms with Crippen LogP contribution in [0, 0.1) is 6.92 Å². The number of aryl methyl sites for hydroxylation is 1. The number of nitrogen functional groups attached to an aromatic ring is 1. The second-order valence-electron chi connectivity index (χ2n) is 5.20. The summed E-state index contributed by atoms with van der Waals surface area (Å²) in [4.78, 5) is 11.8. The molecule has 0 aliphatic heterocycles. The summed E-state index contributed by atoms with van der Waals surface area (Å²) < 4.78 is 5.15. The zero-order chi connectivity index (χ0) is 15.4. The first-order valence-electron chi connectivity index (χ1n) is 6.90. The maximum atomic E-state index is 11.8. The van der Waals surface area contributed by atoms with Gasteiger partial charge in [0.05, 0.1) is 23.0 Å². The highest BCUT2D eigenvalue weighted by Crippen LogP contribution is 2.26. The van der Waals surface area contributed by atoms with Gasteiger partial charge in [0.25, 0.3) is 0 Å². The van der Waals surface area contributed by atoms with E-state index >= 15 is 0 Å². The van der Waals surface area contributed by atoms with E-state index in [9.17, 15) is 4.79 Å². The summed E-state index contributed by atoms with van der Waals surface area (Å²) in [5, 5.41) is 3.27. The van der Waals surface area contributed by atoms with Gasteiger partial charge < -0.3 is 15.8 Å². The summed E-state index contributed by atoms with van der Waals surface area (Å²) in [6.45, 7) is 5.65. The minimum absolute atomic E-state index is 0.150. The number of para-hydroxylation sites is 1. The number of nitrogens with one attached hydrogen (secondary N) is 1. The molecule has 2 aromatic rings. The fourth-order valence-corrected chi connectivity index (χ4v) is 1.94. The molecular weight excluding hydrogens is 264 g/mol. The lowest BCUT2D eigenvalue weighted by Gasteiger charge is -2.13. The minimum Gasteiger partial charge on any atom is -0.459 e. The molecule has 0 heterocycles. The fraction of sp³-hybridized carbons (Fsp3) is 0.235. The van der Waals surface area contributed by atoms with Crippen LogP contribution in [-0.2, 0) is 4.74 Å². The topological polar surface area (TPSA) is 64.3 Å². The van der Waals surface area contributed by atoms with Crippen LogP contribution < -0.4 is 11.1 Å². The van der Waals surface area contributed by atoms with E-state index < -0.39 is 0 Å². The van der Waals surface area contributed by atoms with Gasteiger partial charge in [-0.05, 0) is 50.6 Å². The van der Waals surface area contributed by atoms with Crippen LogP contribution in [-0.4, -0.2) is 12.1 Å². The van der Waals surface area contributed by atoms with Gasteiger partial charge in [0, 0.05) is 5.69 Å². The molecule has 2 aromatic carbocycles. The molecule has 0 aliphatic rings. The molecule has 0 amide bonds. The monoisotopic (exact) mass is 284 g/mol. The van der Waals surface area contributed by atoms with E-state index in [-0.39, 0.29) is 12.1 Å². The molecule has 0 saturated heterocycles. The second-order valence-corrected chi connectivity index (χ2v) is 5.20. The Morgan fingerprint density at radius 2 is 1.86 bits per heavy atom. The molecule has 2 rings (SSSR count). The molecule has 0 spiro atoms. The molecule has 110 valence electrons. The molecule has 21 heavy (non-hydrogen) atoms. The largest absolute Gasteiger partial charge is 0.459 e. The number of carbonyl (C=O) groups excluding carboxylic acids is 1. The van der Waals surface area contributed by atoms with Crippen molar-refractivity contribution in [2.75, 3.05) is 11.1 Å². The number of nitrogens with two attached hydrogens (primary N) is 1. The fourth-order valence-electron chi connectivity index (χ4n) is 1.94. The third-order valence-electron chi connectivity index (χ3n) is 3.04. The van der Waals surface area contributed by atoms with Crippen molar-refractivity contribution in [1.29, 1.82) is 0 Å². The van der Waals surface area contributed by atoms with Gasteiger partial charge in [-0.15, -0.1) is 0 Å². The second kappa shape index (κ2) is 6.31. The number of esters is 1. The van der Waals surface area contributed by atoms with E-state index in [0.717, 1.165) is 16.9 Å². The summed E-state index contributed by atoms with van der Waals surface area (Å²) in [5.74, 6) is -0.362. The molecule has 0 saturated carbocycles. The van der Waals surface area contributed by atoms with Crippen molar-refractivity contribution in [1.82, 2.24) is 0 Å². The van der Waals surface area contributed by atoms with Gasteiger partial charge in [0.1, 0.15) is 0 Å². The third kappa shape index (κ3) is 3.75. The minimum atomic E-state index is -0.362. The van der Waals surface area contributed by atoms with Crippen LogP contribution in [0.15, 0.2) is 42.5 Å².